The summed E-state index contributed by atoms with van der Waals surface area (Å²) in [6.07, 6.45) is 2.23. The molecule has 1 fully saturated rings. The van der Waals surface area contributed by atoms with Crippen LogP contribution < -0.4 is 10.6 Å². The van der Waals surface area contributed by atoms with Crippen LogP contribution in [0.25, 0.3) is 0 Å². The Bertz CT molecular complexity index is 496. The summed E-state index contributed by atoms with van der Waals surface area (Å²) in [6, 6.07) is 9.54. The third kappa shape index (κ3) is 6.20. The standard InChI is InChI=1S/C17H25N3O2.ClH/c1-2-3-9-19-16(21)12-15-17(22)20(11-10-18-15)13-14-7-5-4-6-8-14;/h4-8,15,18H,2-3,9-13H2,1H3,(H,19,21);1H. The van der Waals surface area contributed by atoms with Crippen molar-refractivity contribution in [1.29, 1.82) is 0 Å². The highest BCUT2D eigenvalue weighted by molar-refractivity contribution is 5.88. The fraction of sp³-hybridized carbons (Fsp3) is 0.529. The summed E-state index contributed by atoms with van der Waals surface area (Å²) in [6.45, 7) is 4.78. The zero-order valence-electron chi connectivity index (χ0n) is 13.6. The highest BCUT2D eigenvalue weighted by Gasteiger charge is 2.29. The highest BCUT2D eigenvalue weighted by Crippen LogP contribution is 2.10. The molecule has 128 valence electrons. The SMILES string of the molecule is CCCCNC(=O)CC1NCCN(Cc2ccccc2)C1=O.Cl. The zero-order chi connectivity index (χ0) is 15.8. The van der Waals surface area contributed by atoms with E-state index in [1.165, 1.54) is 0 Å². The van der Waals surface area contributed by atoms with E-state index >= 15 is 0 Å². The molecule has 1 unspecified atom stereocenters. The van der Waals surface area contributed by atoms with Crippen LogP contribution >= 0.6 is 12.4 Å². The van der Waals surface area contributed by atoms with Crippen LogP contribution in [0.5, 0.6) is 0 Å². The van der Waals surface area contributed by atoms with Crippen molar-refractivity contribution in [3.63, 3.8) is 0 Å². The molecular formula is C17H26ClN3O2. The second-order valence-corrected chi connectivity index (χ2v) is 5.66. The van der Waals surface area contributed by atoms with Crippen LogP contribution in [0.15, 0.2) is 30.3 Å². The molecule has 1 aliphatic rings. The lowest BCUT2D eigenvalue weighted by atomic mass is 10.1. The van der Waals surface area contributed by atoms with Crippen LogP contribution in [0.4, 0.5) is 0 Å². The number of unbranched alkanes of at least 4 members (excludes halogenated alkanes) is 1. The Hall–Kier alpha value is -1.59. The number of hydrogen-bond acceptors (Lipinski definition) is 3. The molecule has 5 nitrogen and oxygen atoms in total. The van der Waals surface area contributed by atoms with Gasteiger partial charge in [0.2, 0.25) is 11.8 Å². The lowest BCUT2D eigenvalue weighted by Crippen LogP contribution is -2.55. The van der Waals surface area contributed by atoms with Crippen molar-refractivity contribution in [3.05, 3.63) is 35.9 Å². The van der Waals surface area contributed by atoms with E-state index in [0.29, 0.717) is 19.6 Å². The number of piperazine rings is 1. The molecule has 0 radical (unpaired) electrons. The first-order valence-corrected chi connectivity index (χ1v) is 8.03. The zero-order valence-corrected chi connectivity index (χ0v) is 14.4. The number of amides is 2. The minimum atomic E-state index is -0.404. The fourth-order valence-electron chi connectivity index (χ4n) is 2.57. The van der Waals surface area contributed by atoms with Crippen LogP contribution in [0, 0.1) is 0 Å². The Morgan fingerprint density at radius 2 is 2.09 bits per heavy atom. The average molecular weight is 340 g/mol. The molecule has 1 aromatic rings. The van der Waals surface area contributed by atoms with E-state index in [1.54, 1.807) is 0 Å². The number of rotatable bonds is 7. The van der Waals surface area contributed by atoms with Gasteiger partial charge in [0.1, 0.15) is 0 Å². The summed E-state index contributed by atoms with van der Waals surface area (Å²) in [5.41, 5.74) is 1.11. The lowest BCUT2D eigenvalue weighted by molar-refractivity contribution is -0.138. The first-order chi connectivity index (χ1) is 10.7. The van der Waals surface area contributed by atoms with Gasteiger partial charge in [-0.3, -0.25) is 9.59 Å². The van der Waals surface area contributed by atoms with Gasteiger partial charge in [-0.15, -0.1) is 12.4 Å². The molecule has 6 heteroatoms. The maximum Gasteiger partial charge on any atom is 0.240 e. The van der Waals surface area contributed by atoms with Gasteiger partial charge >= 0.3 is 0 Å². The molecule has 1 heterocycles. The minimum absolute atomic E-state index is 0. The first-order valence-electron chi connectivity index (χ1n) is 8.03. The molecule has 0 spiro atoms. The van der Waals surface area contributed by atoms with Gasteiger partial charge in [-0.1, -0.05) is 43.7 Å². The molecule has 1 saturated heterocycles. The molecule has 23 heavy (non-hydrogen) atoms. The molecule has 0 aliphatic carbocycles. The third-order valence-electron chi connectivity index (χ3n) is 3.84. The maximum atomic E-state index is 12.5. The number of halogens is 1. The van der Waals surface area contributed by atoms with Crippen molar-refractivity contribution in [3.8, 4) is 0 Å². The first kappa shape index (κ1) is 19.5. The molecule has 0 aromatic heterocycles. The van der Waals surface area contributed by atoms with Gasteiger partial charge in [0.25, 0.3) is 0 Å². The number of carbonyl (C=O) groups excluding carboxylic acids is 2. The molecular weight excluding hydrogens is 314 g/mol. The monoisotopic (exact) mass is 339 g/mol. The average Bonchev–Trinajstić information content (AvgIpc) is 2.52. The van der Waals surface area contributed by atoms with Crippen molar-refractivity contribution in [1.82, 2.24) is 15.5 Å². The Kier molecular flexibility index (Phi) is 8.66. The number of hydrogen-bond donors (Lipinski definition) is 2. The molecule has 1 aromatic carbocycles. The Balaban J connectivity index is 0.00000264. The molecule has 2 N–H and O–H groups in total. The van der Waals surface area contributed by atoms with E-state index in [2.05, 4.69) is 17.6 Å². The van der Waals surface area contributed by atoms with E-state index in [9.17, 15) is 9.59 Å². The van der Waals surface area contributed by atoms with Gasteiger partial charge < -0.3 is 15.5 Å². The van der Waals surface area contributed by atoms with Gasteiger partial charge in [0.15, 0.2) is 0 Å². The third-order valence-corrected chi connectivity index (χ3v) is 3.84. The lowest BCUT2D eigenvalue weighted by Gasteiger charge is -2.33. The predicted molar refractivity (Wildman–Crippen MR) is 93.4 cm³/mol. The van der Waals surface area contributed by atoms with E-state index in [-0.39, 0.29) is 30.6 Å². The summed E-state index contributed by atoms with van der Waals surface area (Å²) >= 11 is 0. The van der Waals surface area contributed by atoms with Gasteiger partial charge in [0, 0.05) is 26.2 Å². The largest absolute Gasteiger partial charge is 0.356 e. The van der Waals surface area contributed by atoms with Crippen molar-refractivity contribution < 1.29 is 9.59 Å². The molecule has 1 atom stereocenters. The van der Waals surface area contributed by atoms with E-state index in [0.717, 1.165) is 24.9 Å². The van der Waals surface area contributed by atoms with Crippen molar-refractivity contribution in [2.24, 2.45) is 0 Å². The molecule has 1 aliphatic heterocycles. The summed E-state index contributed by atoms with van der Waals surface area (Å²) in [5, 5.41) is 6.02. The number of nitrogens with zero attached hydrogens (tertiary/aromatic N) is 1. The Labute approximate surface area is 144 Å². The van der Waals surface area contributed by atoms with Crippen LogP contribution in [0.1, 0.15) is 31.7 Å². The van der Waals surface area contributed by atoms with Crippen LogP contribution in [0.3, 0.4) is 0 Å². The quantitative estimate of drug-likeness (QED) is 0.743. The summed E-state index contributed by atoms with van der Waals surface area (Å²) in [7, 11) is 0. The smallest absolute Gasteiger partial charge is 0.240 e. The topological polar surface area (TPSA) is 61.4 Å². The van der Waals surface area contributed by atoms with E-state index in [4.69, 9.17) is 0 Å². The fourth-order valence-corrected chi connectivity index (χ4v) is 2.57. The van der Waals surface area contributed by atoms with Gasteiger partial charge in [-0.2, -0.15) is 0 Å². The number of nitrogens with one attached hydrogen (secondary N) is 2. The van der Waals surface area contributed by atoms with E-state index < -0.39 is 6.04 Å². The number of carbonyl (C=O) groups is 2. The summed E-state index contributed by atoms with van der Waals surface area (Å²) in [5.74, 6) is -0.0402. The normalized spacial score (nSPS) is 17.5. The minimum Gasteiger partial charge on any atom is -0.356 e. The van der Waals surface area contributed by atoms with Crippen LogP contribution in [-0.4, -0.2) is 42.4 Å². The molecule has 0 saturated carbocycles. The van der Waals surface area contributed by atoms with Crippen molar-refractivity contribution in [2.75, 3.05) is 19.6 Å². The van der Waals surface area contributed by atoms with Crippen molar-refractivity contribution in [2.45, 2.75) is 38.8 Å². The second-order valence-electron chi connectivity index (χ2n) is 5.66. The second kappa shape index (κ2) is 10.2. The van der Waals surface area contributed by atoms with Crippen LogP contribution in [-0.2, 0) is 16.1 Å². The van der Waals surface area contributed by atoms with Gasteiger partial charge in [-0.05, 0) is 12.0 Å². The summed E-state index contributed by atoms with van der Waals surface area (Å²) < 4.78 is 0. The number of benzene rings is 1. The highest BCUT2D eigenvalue weighted by atomic mass is 35.5. The van der Waals surface area contributed by atoms with Gasteiger partial charge in [-0.25, -0.2) is 0 Å². The Morgan fingerprint density at radius 1 is 1.35 bits per heavy atom. The van der Waals surface area contributed by atoms with Crippen molar-refractivity contribution >= 4 is 24.2 Å². The molecule has 0 bridgehead atoms. The molecule has 2 amide bonds. The molecule has 2 rings (SSSR count). The Morgan fingerprint density at radius 3 is 2.78 bits per heavy atom. The predicted octanol–water partition coefficient (Wildman–Crippen LogP) is 1.72. The van der Waals surface area contributed by atoms with Gasteiger partial charge in [0.05, 0.1) is 12.5 Å². The van der Waals surface area contributed by atoms with Crippen LogP contribution in [0.2, 0.25) is 0 Å². The maximum absolute atomic E-state index is 12.5. The van der Waals surface area contributed by atoms with E-state index in [1.807, 2.05) is 35.2 Å². The summed E-state index contributed by atoms with van der Waals surface area (Å²) in [4.78, 5) is 26.2.